The Hall–Kier alpha value is -0.480. The third-order valence-corrected chi connectivity index (χ3v) is 4.51. The average Bonchev–Trinajstić information content (AvgIpc) is 2.37. The van der Waals surface area contributed by atoms with Gasteiger partial charge >= 0.3 is 0 Å². The van der Waals surface area contributed by atoms with Crippen LogP contribution in [-0.2, 0) is 6.54 Å². The monoisotopic (exact) mass is 302 g/mol. The molecular weight excluding hydrogens is 283 g/mol. The van der Waals surface area contributed by atoms with Crippen molar-refractivity contribution in [3.05, 3.63) is 27.7 Å². The number of likely N-dealkylation sites (tertiary alicyclic amines) is 1. The van der Waals surface area contributed by atoms with E-state index in [0.29, 0.717) is 35.0 Å². The van der Waals surface area contributed by atoms with Gasteiger partial charge in [0.25, 0.3) is 0 Å². The number of piperidine rings is 1. The number of phenolic OH excluding ortho intramolecular Hbond substituents is 1. The smallest absolute Gasteiger partial charge is 0.138 e. The molecule has 1 aliphatic rings. The quantitative estimate of drug-likeness (QED) is 0.902. The van der Waals surface area contributed by atoms with E-state index in [4.69, 9.17) is 28.9 Å². The highest BCUT2D eigenvalue weighted by Gasteiger charge is 2.25. The molecule has 0 amide bonds. The van der Waals surface area contributed by atoms with Crippen molar-refractivity contribution < 1.29 is 5.11 Å². The molecule has 1 saturated heterocycles. The van der Waals surface area contributed by atoms with E-state index in [2.05, 4.69) is 11.8 Å². The van der Waals surface area contributed by atoms with Crippen LogP contribution in [0, 0.1) is 11.8 Å². The van der Waals surface area contributed by atoms with Crippen molar-refractivity contribution in [1.82, 2.24) is 4.90 Å². The number of halogens is 2. The molecule has 3 nitrogen and oxygen atoms in total. The summed E-state index contributed by atoms with van der Waals surface area (Å²) in [5.74, 6) is 1.32. The van der Waals surface area contributed by atoms with E-state index in [9.17, 15) is 5.11 Å². The third kappa shape index (κ3) is 3.54. The maximum Gasteiger partial charge on any atom is 0.138 e. The van der Waals surface area contributed by atoms with Gasteiger partial charge < -0.3 is 10.8 Å². The van der Waals surface area contributed by atoms with Gasteiger partial charge in [-0.2, -0.15) is 0 Å². The van der Waals surface area contributed by atoms with Gasteiger partial charge in [-0.05, 0) is 43.5 Å². The first-order valence-corrected chi connectivity index (χ1v) is 7.36. The molecule has 0 bridgehead atoms. The summed E-state index contributed by atoms with van der Waals surface area (Å²) in [6, 6.07) is 3.33. The molecule has 5 heteroatoms. The first kappa shape index (κ1) is 14.9. The summed E-state index contributed by atoms with van der Waals surface area (Å²) in [7, 11) is 0. The van der Waals surface area contributed by atoms with Gasteiger partial charge in [0.05, 0.1) is 5.02 Å². The zero-order valence-electron chi connectivity index (χ0n) is 11.1. The van der Waals surface area contributed by atoms with E-state index >= 15 is 0 Å². The Morgan fingerprint density at radius 3 is 2.84 bits per heavy atom. The standard InChI is InChI=1S/C14H20Cl2N2O/c1-9-2-3-18(8-11(9)6-17)7-10-4-12(15)5-13(16)14(10)19/h4-5,9,11,19H,2-3,6-8,17H2,1H3. The lowest BCUT2D eigenvalue weighted by molar-refractivity contribution is 0.125. The normalized spacial score (nSPS) is 24.6. The van der Waals surface area contributed by atoms with Gasteiger partial charge in [0.2, 0.25) is 0 Å². The number of hydrogen-bond donors (Lipinski definition) is 2. The largest absolute Gasteiger partial charge is 0.506 e. The number of nitrogens with two attached hydrogens (primary N) is 1. The number of nitrogens with zero attached hydrogens (tertiary/aromatic N) is 1. The Morgan fingerprint density at radius 2 is 2.16 bits per heavy atom. The van der Waals surface area contributed by atoms with Gasteiger partial charge in [-0.25, -0.2) is 0 Å². The highest BCUT2D eigenvalue weighted by Crippen LogP contribution is 2.33. The van der Waals surface area contributed by atoms with Crippen LogP contribution >= 0.6 is 23.2 Å². The first-order valence-electron chi connectivity index (χ1n) is 6.60. The van der Waals surface area contributed by atoms with E-state index in [1.165, 1.54) is 0 Å². The predicted octanol–water partition coefficient (Wildman–Crippen LogP) is 3.12. The van der Waals surface area contributed by atoms with Crippen LogP contribution in [0.2, 0.25) is 10.0 Å². The Balaban J connectivity index is 2.09. The second kappa shape index (κ2) is 6.31. The second-order valence-corrected chi connectivity index (χ2v) is 6.24. The molecule has 0 radical (unpaired) electrons. The molecule has 106 valence electrons. The van der Waals surface area contributed by atoms with Crippen LogP contribution in [0.3, 0.4) is 0 Å². The van der Waals surface area contributed by atoms with E-state index in [1.807, 2.05) is 0 Å². The van der Waals surface area contributed by atoms with Crippen molar-refractivity contribution in [1.29, 1.82) is 0 Å². The molecule has 1 aromatic carbocycles. The maximum atomic E-state index is 9.99. The first-order chi connectivity index (χ1) is 9.01. The topological polar surface area (TPSA) is 49.5 Å². The summed E-state index contributed by atoms with van der Waals surface area (Å²) >= 11 is 11.9. The van der Waals surface area contributed by atoms with Crippen molar-refractivity contribution in [2.24, 2.45) is 17.6 Å². The number of hydrogen-bond acceptors (Lipinski definition) is 3. The molecule has 0 aromatic heterocycles. The van der Waals surface area contributed by atoms with Gasteiger partial charge in [-0.15, -0.1) is 0 Å². The molecule has 19 heavy (non-hydrogen) atoms. The summed E-state index contributed by atoms with van der Waals surface area (Å²) in [5, 5.41) is 10.8. The molecule has 1 aromatic rings. The molecule has 2 atom stereocenters. The van der Waals surface area contributed by atoms with Gasteiger partial charge in [-0.1, -0.05) is 30.1 Å². The maximum absolute atomic E-state index is 9.99. The molecule has 0 saturated carbocycles. The predicted molar refractivity (Wildman–Crippen MR) is 79.7 cm³/mol. The number of phenols is 1. The zero-order valence-corrected chi connectivity index (χ0v) is 12.6. The second-order valence-electron chi connectivity index (χ2n) is 5.39. The minimum absolute atomic E-state index is 0.133. The van der Waals surface area contributed by atoms with Crippen LogP contribution in [-0.4, -0.2) is 29.6 Å². The number of rotatable bonds is 3. The Labute approximate surface area is 124 Å². The minimum atomic E-state index is 0.133. The van der Waals surface area contributed by atoms with E-state index < -0.39 is 0 Å². The third-order valence-electron chi connectivity index (χ3n) is 4.00. The summed E-state index contributed by atoms with van der Waals surface area (Å²) in [6.07, 6.45) is 1.14. The molecule has 1 aliphatic heterocycles. The molecular formula is C14H20Cl2N2O. The Morgan fingerprint density at radius 1 is 1.42 bits per heavy atom. The molecule has 0 aliphatic carbocycles. The SMILES string of the molecule is CC1CCN(Cc2cc(Cl)cc(Cl)c2O)CC1CN. The fraction of sp³-hybridized carbons (Fsp3) is 0.571. The van der Waals surface area contributed by atoms with Crippen molar-refractivity contribution in [2.75, 3.05) is 19.6 Å². The summed E-state index contributed by atoms with van der Waals surface area (Å²) in [4.78, 5) is 2.30. The van der Waals surface area contributed by atoms with Crippen LogP contribution in [0.4, 0.5) is 0 Å². The molecule has 1 heterocycles. The lowest BCUT2D eigenvalue weighted by atomic mass is 9.87. The van der Waals surface area contributed by atoms with Crippen molar-refractivity contribution in [3.8, 4) is 5.75 Å². The highest BCUT2D eigenvalue weighted by atomic mass is 35.5. The van der Waals surface area contributed by atoms with E-state index in [1.54, 1.807) is 12.1 Å². The molecule has 1 fully saturated rings. The number of benzene rings is 1. The van der Waals surface area contributed by atoms with Crippen LogP contribution in [0.15, 0.2) is 12.1 Å². The van der Waals surface area contributed by atoms with Crippen LogP contribution in [0.1, 0.15) is 18.9 Å². The molecule has 2 unspecified atom stereocenters. The lowest BCUT2D eigenvalue weighted by Crippen LogP contribution is -2.42. The summed E-state index contributed by atoms with van der Waals surface area (Å²) < 4.78 is 0. The molecule has 0 spiro atoms. The van der Waals surface area contributed by atoms with Gasteiger partial charge in [0.1, 0.15) is 5.75 Å². The van der Waals surface area contributed by atoms with Crippen LogP contribution < -0.4 is 5.73 Å². The number of aromatic hydroxyl groups is 1. The fourth-order valence-electron chi connectivity index (χ4n) is 2.66. The molecule has 3 N–H and O–H groups in total. The Bertz CT molecular complexity index is 453. The molecule has 2 rings (SSSR count). The highest BCUT2D eigenvalue weighted by molar-refractivity contribution is 6.35. The van der Waals surface area contributed by atoms with Crippen LogP contribution in [0.25, 0.3) is 0 Å². The summed E-state index contributed by atoms with van der Waals surface area (Å²) in [5.41, 5.74) is 6.59. The van der Waals surface area contributed by atoms with E-state index in [-0.39, 0.29) is 5.75 Å². The lowest BCUT2D eigenvalue weighted by Gasteiger charge is -2.36. The van der Waals surface area contributed by atoms with Gasteiger partial charge in [0, 0.05) is 23.7 Å². The zero-order chi connectivity index (χ0) is 14.0. The van der Waals surface area contributed by atoms with Gasteiger partial charge in [0.15, 0.2) is 0 Å². The minimum Gasteiger partial charge on any atom is -0.506 e. The average molecular weight is 303 g/mol. The van der Waals surface area contributed by atoms with E-state index in [0.717, 1.165) is 25.1 Å². The fourth-order valence-corrected chi connectivity index (χ4v) is 3.19. The van der Waals surface area contributed by atoms with Gasteiger partial charge in [-0.3, -0.25) is 4.90 Å². The Kier molecular flexibility index (Phi) is 4.96. The van der Waals surface area contributed by atoms with Crippen molar-refractivity contribution >= 4 is 23.2 Å². The van der Waals surface area contributed by atoms with Crippen LogP contribution in [0.5, 0.6) is 5.75 Å². The van der Waals surface area contributed by atoms with Crippen molar-refractivity contribution in [2.45, 2.75) is 19.9 Å². The summed E-state index contributed by atoms with van der Waals surface area (Å²) in [6.45, 7) is 5.60. The van der Waals surface area contributed by atoms with Crippen molar-refractivity contribution in [3.63, 3.8) is 0 Å².